The molecular formula is C18H16F3NO5. The number of methoxy groups -OCH3 is 2. The summed E-state index contributed by atoms with van der Waals surface area (Å²) in [4.78, 5) is 24.4. The number of hydrogen-bond acceptors (Lipinski definition) is 5. The van der Waals surface area contributed by atoms with Gasteiger partial charge >= 0.3 is 5.97 Å². The Bertz CT molecular complexity index is 872. The van der Waals surface area contributed by atoms with Crippen molar-refractivity contribution in [2.75, 3.05) is 19.5 Å². The molecule has 144 valence electrons. The Morgan fingerprint density at radius 3 is 2.33 bits per heavy atom. The first kappa shape index (κ1) is 20.1. The highest BCUT2D eigenvalue weighted by Crippen LogP contribution is 2.25. The van der Waals surface area contributed by atoms with E-state index in [4.69, 9.17) is 14.2 Å². The van der Waals surface area contributed by atoms with Gasteiger partial charge in [-0.15, -0.1) is 0 Å². The fourth-order valence-corrected chi connectivity index (χ4v) is 2.11. The number of carbonyl (C=O) groups excluding carboxylic acids is 2. The number of hydrogen-bond donors (Lipinski definition) is 1. The SMILES string of the molecule is COc1ccc(OC)c(C(=O)O[C@@H](C)C(=O)Nc2ccc(F)c(F)c2F)c1. The van der Waals surface area contributed by atoms with Gasteiger partial charge in [0.25, 0.3) is 5.91 Å². The van der Waals surface area contributed by atoms with Crippen molar-refractivity contribution in [3.8, 4) is 11.5 Å². The summed E-state index contributed by atoms with van der Waals surface area (Å²) in [5, 5.41) is 2.03. The van der Waals surface area contributed by atoms with Crippen LogP contribution >= 0.6 is 0 Å². The fraction of sp³-hybridized carbons (Fsp3) is 0.222. The minimum atomic E-state index is -1.72. The van der Waals surface area contributed by atoms with Gasteiger partial charge in [-0.2, -0.15) is 0 Å². The van der Waals surface area contributed by atoms with Gasteiger partial charge in [-0.05, 0) is 37.3 Å². The normalized spacial score (nSPS) is 11.5. The number of rotatable bonds is 6. The van der Waals surface area contributed by atoms with Crippen molar-refractivity contribution in [1.29, 1.82) is 0 Å². The summed E-state index contributed by atoms with van der Waals surface area (Å²) in [5.74, 6) is -5.94. The lowest BCUT2D eigenvalue weighted by Gasteiger charge is -2.15. The summed E-state index contributed by atoms with van der Waals surface area (Å²) in [6, 6.07) is 5.92. The summed E-state index contributed by atoms with van der Waals surface area (Å²) in [6.45, 7) is 1.23. The molecule has 0 bridgehead atoms. The van der Waals surface area contributed by atoms with Crippen LogP contribution in [-0.4, -0.2) is 32.2 Å². The quantitative estimate of drug-likeness (QED) is 0.612. The van der Waals surface area contributed by atoms with E-state index in [9.17, 15) is 22.8 Å². The van der Waals surface area contributed by atoms with Crippen molar-refractivity contribution in [2.45, 2.75) is 13.0 Å². The van der Waals surface area contributed by atoms with E-state index < -0.39 is 41.1 Å². The Hall–Kier alpha value is -3.23. The van der Waals surface area contributed by atoms with Gasteiger partial charge in [0.05, 0.1) is 19.9 Å². The van der Waals surface area contributed by atoms with Gasteiger partial charge in [-0.1, -0.05) is 0 Å². The number of esters is 1. The van der Waals surface area contributed by atoms with E-state index in [1.807, 2.05) is 5.32 Å². The van der Waals surface area contributed by atoms with Gasteiger partial charge in [-0.25, -0.2) is 18.0 Å². The number of halogens is 3. The Morgan fingerprint density at radius 1 is 1.00 bits per heavy atom. The van der Waals surface area contributed by atoms with Crippen LogP contribution in [-0.2, 0) is 9.53 Å². The molecule has 0 spiro atoms. The molecule has 6 nitrogen and oxygen atoms in total. The first-order valence-electron chi connectivity index (χ1n) is 7.65. The van der Waals surface area contributed by atoms with Gasteiger partial charge in [0.1, 0.15) is 17.1 Å². The molecule has 2 aromatic rings. The molecule has 0 aliphatic rings. The number of carbonyl (C=O) groups is 2. The molecule has 0 heterocycles. The van der Waals surface area contributed by atoms with Gasteiger partial charge in [-0.3, -0.25) is 4.79 Å². The maximum Gasteiger partial charge on any atom is 0.342 e. The van der Waals surface area contributed by atoms with E-state index in [2.05, 4.69) is 0 Å². The van der Waals surface area contributed by atoms with Crippen LogP contribution < -0.4 is 14.8 Å². The average Bonchev–Trinajstić information content (AvgIpc) is 2.67. The van der Waals surface area contributed by atoms with E-state index in [-0.39, 0.29) is 11.3 Å². The molecule has 9 heteroatoms. The first-order chi connectivity index (χ1) is 12.8. The van der Waals surface area contributed by atoms with Crippen LogP contribution in [0.4, 0.5) is 18.9 Å². The van der Waals surface area contributed by atoms with Crippen molar-refractivity contribution >= 4 is 17.6 Å². The zero-order chi connectivity index (χ0) is 20.1. The standard InChI is InChI=1S/C18H16F3NO5/c1-9(17(23)22-13-6-5-12(19)15(20)16(13)21)27-18(24)11-8-10(25-2)4-7-14(11)26-3/h4-9H,1-3H3,(H,22,23)/t9-/m0/s1. The lowest BCUT2D eigenvalue weighted by atomic mass is 10.2. The number of anilines is 1. The van der Waals surface area contributed by atoms with E-state index >= 15 is 0 Å². The predicted octanol–water partition coefficient (Wildman–Crippen LogP) is 3.31. The number of amides is 1. The minimum absolute atomic E-state index is 0.00973. The zero-order valence-corrected chi connectivity index (χ0v) is 14.6. The number of benzene rings is 2. The number of ether oxygens (including phenoxy) is 3. The highest BCUT2D eigenvalue weighted by atomic mass is 19.2. The van der Waals surface area contributed by atoms with Crippen LogP contribution in [0.3, 0.4) is 0 Å². The molecule has 0 radical (unpaired) electrons. The fourth-order valence-electron chi connectivity index (χ4n) is 2.11. The van der Waals surface area contributed by atoms with E-state index in [0.717, 1.165) is 6.07 Å². The molecule has 0 aliphatic heterocycles. The third kappa shape index (κ3) is 4.49. The van der Waals surface area contributed by atoms with Gasteiger partial charge < -0.3 is 19.5 Å². The molecule has 0 saturated carbocycles. The first-order valence-corrected chi connectivity index (χ1v) is 7.65. The van der Waals surface area contributed by atoms with Crippen LogP contribution in [0, 0.1) is 17.5 Å². The Kier molecular flexibility index (Phi) is 6.27. The molecule has 0 saturated heterocycles. The van der Waals surface area contributed by atoms with Crippen LogP contribution in [0.5, 0.6) is 11.5 Å². The summed E-state index contributed by atoms with van der Waals surface area (Å²) >= 11 is 0. The molecule has 0 fully saturated rings. The molecule has 1 atom stereocenters. The second-order valence-electron chi connectivity index (χ2n) is 5.33. The van der Waals surface area contributed by atoms with Crippen molar-refractivity contribution in [3.05, 3.63) is 53.3 Å². The lowest BCUT2D eigenvalue weighted by molar-refractivity contribution is -0.123. The molecule has 27 heavy (non-hydrogen) atoms. The van der Waals surface area contributed by atoms with Crippen molar-refractivity contribution < 1.29 is 37.0 Å². The van der Waals surface area contributed by atoms with Crippen LogP contribution in [0.15, 0.2) is 30.3 Å². The summed E-state index contributed by atoms with van der Waals surface area (Å²) in [7, 11) is 2.75. The lowest BCUT2D eigenvalue weighted by Crippen LogP contribution is -2.30. The Labute approximate surface area is 152 Å². The monoisotopic (exact) mass is 383 g/mol. The molecule has 1 N–H and O–H groups in total. The largest absolute Gasteiger partial charge is 0.497 e. The van der Waals surface area contributed by atoms with Crippen LogP contribution in [0.25, 0.3) is 0 Å². The molecule has 2 rings (SSSR count). The highest BCUT2D eigenvalue weighted by Gasteiger charge is 2.24. The van der Waals surface area contributed by atoms with Gasteiger partial charge in [0.2, 0.25) is 0 Å². The topological polar surface area (TPSA) is 73.9 Å². The second kappa shape index (κ2) is 8.43. The number of nitrogens with one attached hydrogen (secondary N) is 1. The van der Waals surface area contributed by atoms with Crippen molar-refractivity contribution in [1.82, 2.24) is 0 Å². The van der Waals surface area contributed by atoms with Crippen LogP contribution in [0.1, 0.15) is 17.3 Å². The smallest absolute Gasteiger partial charge is 0.342 e. The maximum absolute atomic E-state index is 13.6. The maximum atomic E-state index is 13.6. The molecular weight excluding hydrogens is 367 g/mol. The summed E-state index contributed by atoms with van der Waals surface area (Å²) in [6.07, 6.45) is -1.36. The highest BCUT2D eigenvalue weighted by molar-refractivity contribution is 5.98. The van der Waals surface area contributed by atoms with Crippen LogP contribution in [0.2, 0.25) is 0 Å². The molecule has 0 unspecified atom stereocenters. The van der Waals surface area contributed by atoms with Crippen molar-refractivity contribution in [3.63, 3.8) is 0 Å². The predicted molar refractivity (Wildman–Crippen MR) is 89.4 cm³/mol. The second-order valence-corrected chi connectivity index (χ2v) is 5.33. The molecule has 0 aromatic heterocycles. The van der Waals surface area contributed by atoms with E-state index in [1.54, 1.807) is 6.07 Å². The van der Waals surface area contributed by atoms with E-state index in [1.165, 1.54) is 33.3 Å². The summed E-state index contributed by atoms with van der Waals surface area (Å²) < 4.78 is 54.9. The average molecular weight is 383 g/mol. The van der Waals surface area contributed by atoms with Gasteiger partial charge in [0, 0.05) is 0 Å². The minimum Gasteiger partial charge on any atom is -0.497 e. The third-order valence-electron chi connectivity index (χ3n) is 3.57. The zero-order valence-electron chi connectivity index (χ0n) is 14.6. The molecule has 0 aliphatic carbocycles. The van der Waals surface area contributed by atoms with Crippen molar-refractivity contribution in [2.24, 2.45) is 0 Å². The van der Waals surface area contributed by atoms with Gasteiger partial charge in [0.15, 0.2) is 23.6 Å². The Balaban J connectivity index is 2.13. The van der Waals surface area contributed by atoms with E-state index in [0.29, 0.717) is 11.8 Å². The molecule has 2 aromatic carbocycles. The molecule has 1 amide bonds. The Morgan fingerprint density at radius 2 is 1.70 bits per heavy atom. The third-order valence-corrected chi connectivity index (χ3v) is 3.57. The summed E-state index contributed by atoms with van der Waals surface area (Å²) in [5.41, 5.74) is -0.573.